The van der Waals surface area contributed by atoms with E-state index in [0.29, 0.717) is 32.8 Å². The van der Waals surface area contributed by atoms with Crippen molar-refractivity contribution in [1.29, 1.82) is 0 Å². The quantitative estimate of drug-likeness (QED) is 0.565. The molecule has 7 nitrogen and oxygen atoms in total. The Morgan fingerprint density at radius 2 is 1.71 bits per heavy atom. The summed E-state index contributed by atoms with van der Waals surface area (Å²) in [6.07, 6.45) is 1.04. The maximum absolute atomic E-state index is 11.8. The summed E-state index contributed by atoms with van der Waals surface area (Å²) in [6, 6.07) is 0. The third-order valence-electron chi connectivity index (χ3n) is 3.29. The van der Waals surface area contributed by atoms with E-state index in [1.165, 1.54) is 0 Å². The molecule has 0 aromatic heterocycles. The van der Waals surface area contributed by atoms with Crippen LogP contribution in [0.1, 0.15) is 20.3 Å². The number of carbonyl (C=O) groups excluding carboxylic acids is 1. The van der Waals surface area contributed by atoms with Crippen molar-refractivity contribution in [1.82, 2.24) is 15.1 Å². The van der Waals surface area contributed by atoms with E-state index in [9.17, 15) is 9.59 Å². The number of carbonyl (C=O) groups is 2. The van der Waals surface area contributed by atoms with E-state index < -0.39 is 5.97 Å². The minimum Gasteiger partial charge on any atom is -0.480 e. The third-order valence-corrected chi connectivity index (χ3v) is 3.29. The molecule has 1 aliphatic heterocycles. The van der Waals surface area contributed by atoms with Gasteiger partial charge < -0.3 is 15.2 Å². The summed E-state index contributed by atoms with van der Waals surface area (Å²) in [5, 5.41) is 11.6. The smallest absolute Gasteiger partial charge is 0.317 e. The number of hydrogen-bond acceptors (Lipinski definition) is 5. The molecule has 0 bridgehead atoms. The summed E-state index contributed by atoms with van der Waals surface area (Å²) >= 11 is 0. The summed E-state index contributed by atoms with van der Waals surface area (Å²) < 4.78 is 5.40. The first-order chi connectivity index (χ1) is 9.97. The highest BCUT2D eigenvalue weighted by Gasteiger charge is 2.19. The topological polar surface area (TPSA) is 82.1 Å². The van der Waals surface area contributed by atoms with Gasteiger partial charge in [-0.25, -0.2) is 0 Å². The molecule has 1 fully saturated rings. The van der Waals surface area contributed by atoms with Crippen LogP contribution in [0.4, 0.5) is 0 Å². The Bertz CT molecular complexity index is 328. The molecule has 0 saturated carbocycles. The Morgan fingerprint density at radius 1 is 1.14 bits per heavy atom. The van der Waals surface area contributed by atoms with Crippen LogP contribution in [-0.4, -0.2) is 85.3 Å². The van der Waals surface area contributed by atoms with Gasteiger partial charge >= 0.3 is 5.97 Å². The molecule has 0 aliphatic carbocycles. The van der Waals surface area contributed by atoms with Crippen LogP contribution in [0.2, 0.25) is 0 Å². The molecule has 0 unspecified atom stereocenters. The van der Waals surface area contributed by atoms with Crippen molar-refractivity contribution in [2.75, 3.05) is 52.4 Å². The maximum atomic E-state index is 11.8. The Kier molecular flexibility index (Phi) is 8.26. The zero-order valence-electron chi connectivity index (χ0n) is 13.0. The molecule has 1 saturated heterocycles. The Labute approximate surface area is 126 Å². The van der Waals surface area contributed by atoms with E-state index >= 15 is 0 Å². The molecule has 0 aromatic carbocycles. The molecule has 0 atom stereocenters. The second-order valence-corrected chi connectivity index (χ2v) is 5.57. The Morgan fingerprint density at radius 3 is 2.24 bits per heavy atom. The van der Waals surface area contributed by atoms with E-state index in [2.05, 4.69) is 10.2 Å². The zero-order chi connectivity index (χ0) is 15.7. The summed E-state index contributed by atoms with van der Waals surface area (Å²) in [5.74, 6) is -0.781. The lowest BCUT2D eigenvalue weighted by Crippen LogP contribution is -2.50. The van der Waals surface area contributed by atoms with Gasteiger partial charge in [-0.1, -0.05) is 0 Å². The third kappa shape index (κ3) is 8.64. The molecule has 21 heavy (non-hydrogen) atoms. The Hall–Kier alpha value is -1.18. The molecule has 0 radical (unpaired) electrons. The monoisotopic (exact) mass is 301 g/mol. The fourth-order valence-corrected chi connectivity index (χ4v) is 2.17. The van der Waals surface area contributed by atoms with E-state index in [1.54, 1.807) is 0 Å². The fraction of sp³-hybridized carbons (Fsp3) is 0.857. The summed E-state index contributed by atoms with van der Waals surface area (Å²) in [5.41, 5.74) is 0. The lowest BCUT2D eigenvalue weighted by Gasteiger charge is -2.33. The normalized spacial score (nSPS) is 17.1. The van der Waals surface area contributed by atoms with Crippen LogP contribution < -0.4 is 5.32 Å². The van der Waals surface area contributed by atoms with Gasteiger partial charge in [-0.05, 0) is 20.3 Å². The number of carboxylic acid groups (broad SMARTS) is 1. The molecule has 7 heteroatoms. The number of rotatable bonds is 9. The van der Waals surface area contributed by atoms with Crippen LogP contribution in [0.25, 0.3) is 0 Å². The van der Waals surface area contributed by atoms with Gasteiger partial charge in [-0.15, -0.1) is 0 Å². The molecule has 1 amide bonds. The number of aliphatic carboxylic acids is 1. The fourth-order valence-electron chi connectivity index (χ4n) is 2.17. The van der Waals surface area contributed by atoms with E-state index in [0.717, 1.165) is 19.5 Å². The van der Waals surface area contributed by atoms with Gasteiger partial charge in [0.25, 0.3) is 0 Å². The molecule has 1 heterocycles. The number of nitrogens with one attached hydrogen (secondary N) is 1. The molecular weight excluding hydrogens is 274 g/mol. The van der Waals surface area contributed by atoms with Crippen molar-refractivity contribution < 1.29 is 19.4 Å². The number of hydrogen-bond donors (Lipinski definition) is 2. The second kappa shape index (κ2) is 9.70. The molecule has 122 valence electrons. The van der Waals surface area contributed by atoms with Crippen molar-refractivity contribution in [3.8, 4) is 0 Å². The number of nitrogens with zero attached hydrogens (tertiary/aromatic N) is 2. The second-order valence-electron chi connectivity index (χ2n) is 5.57. The first-order valence-electron chi connectivity index (χ1n) is 7.52. The Balaban J connectivity index is 2.06. The molecule has 1 aliphatic rings. The van der Waals surface area contributed by atoms with Gasteiger partial charge in [-0.3, -0.25) is 19.4 Å². The molecule has 0 aromatic rings. The largest absolute Gasteiger partial charge is 0.480 e. The van der Waals surface area contributed by atoms with E-state index in [4.69, 9.17) is 9.84 Å². The van der Waals surface area contributed by atoms with Crippen LogP contribution in [-0.2, 0) is 14.3 Å². The number of amides is 1. The predicted molar refractivity (Wildman–Crippen MR) is 79.2 cm³/mol. The zero-order valence-corrected chi connectivity index (χ0v) is 13.0. The number of piperazine rings is 1. The van der Waals surface area contributed by atoms with Crippen LogP contribution in [0, 0.1) is 0 Å². The van der Waals surface area contributed by atoms with Gasteiger partial charge in [0, 0.05) is 39.3 Å². The molecule has 2 N–H and O–H groups in total. The lowest BCUT2D eigenvalue weighted by atomic mass is 10.3. The number of ether oxygens (including phenoxy) is 1. The lowest BCUT2D eigenvalue weighted by molar-refractivity contribution is -0.139. The van der Waals surface area contributed by atoms with Gasteiger partial charge in [0.2, 0.25) is 5.91 Å². The number of carboxylic acids is 1. The first kappa shape index (κ1) is 17.9. The van der Waals surface area contributed by atoms with Crippen LogP contribution >= 0.6 is 0 Å². The van der Waals surface area contributed by atoms with Gasteiger partial charge in [0.15, 0.2) is 0 Å². The summed E-state index contributed by atoms with van der Waals surface area (Å²) in [6.45, 7) is 8.58. The van der Waals surface area contributed by atoms with Crippen LogP contribution in [0.5, 0.6) is 0 Å². The summed E-state index contributed by atoms with van der Waals surface area (Å²) in [4.78, 5) is 26.3. The van der Waals surface area contributed by atoms with Gasteiger partial charge in [0.1, 0.15) is 0 Å². The van der Waals surface area contributed by atoms with Crippen molar-refractivity contribution in [2.24, 2.45) is 0 Å². The maximum Gasteiger partial charge on any atom is 0.317 e. The van der Waals surface area contributed by atoms with E-state index in [-0.39, 0.29) is 18.6 Å². The van der Waals surface area contributed by atoms with Crippen LogP contribution in [0.3, 0.4) is 0 Å². The van der Waals surface area contributed by atoms with Gasteiger partial charge in [-0.2, -0.15) is 0 Å². The van der Waals surface area contributed by atoms with Crippen LogP contribution in [0.15, 0.2) is 0 Å². The summed E-state index contributed by atoms with van der Waals surface area (Å²) in [7, 11) is 0. The minimum absolute atomic E-state index is 0.0197. The average molecular weight is 301 g/mol. The standard InChI is InChI=1S/C14H27N3O4/c1-12(2)21-9-3-4-15-13(18)10-16-5-7-17(8-6-16)11-14(19)20/h12H,3-11H2,1-2H3,(H,15,18)(H,19,20). The van der Waals surface area contributed by atoms with Crippen molar-refractivity contribution in [3.05, 3.63) is 0 Å². The molecular formula is C14H27N3O4. The predicted octanol–water partition coefficient (Wildman–Crippen LogP) is -0.380. The van der Waals surface area contributed by atoms with Crippen molar-refractivity contribution >= 4 is 11.9 Å². The highest BCUT2D eigenvalue weighted by Crippen LogP contribution is 2.00. The molecule has 0 spiro atoms. The first-order valence-corrected chi connectivity index (χ1v) is 7.52. The van der Waals surface area contributed by atoms with Crippen molar-refractivity contribution in [3.63, 3.8) is 0 Å². The SMILES string of the molecule is CC(C)OCCCNC(=O)CN1CCN(CC(=O)O)CC1. The minimum atomic E-state index is -0.801. The molecule has 1 rings (SSSR count). The highest BCUT2D eigenvalue weighted by molar-refractivity contribution is 5.78. The highest BCUT2D eigenvalue weighted by atomic mass is 16.5. The van der Waals surface area contributed by atoms with Gasteiger partial charge in [0.05, 0.1) is 19.2 Å². The van der Waals surface area contributed by atoms with Crippen molar-refractivity contribution in [2.45, 2.75) is 26.4 Å². The average Bonchev–Trinajstić information content (AvgIpc) is 2.39. The van der Waals surface area contributed by atoms with E-state index in [1.807, 2.05) is 18.7 Å².